The predicted molar refractivity (Wildman–Crippen MR) is 585 cm³/mol. The highest BCUT2D eigenvalue weighted by Gasteiger charge is 2.25. The lowest BCUT2D eigenvalue weighted by Gasteiger charge is -2.15. The summed E-state index contributed by atoms with van der Waals surface area (Å²) >= 11 is 15.0. The van der Waals surface area contributed by atoms with Crippen molar-refractivity contribution in [1.29, 1.82) is 0 Å². The van der Waals surface area contributed by atoms with Crippen molar-refractivity contribution in [3.05, 3.63) is 139 Å². The third kappa shape index (κ3) is 37.9. The Labute approximate surface area is 830 Å². The molecule has 8 aromatic heterocycles. The molecule has 8 heterocycles. The Morgan fingerprint density at radius 1 is 0.220 bits per heavy atom. The molecule has 0 aliphatic heterocycles. The standard InChI is InChI=1S/C64H78O2S4.C56H66O2S4/c1-7-11-15-19-23-27-31-35-39-53-47-51(5)67-63(53)61-43-41-59(69-61)55-49-58(66-46-38-34-30-26-22-18-14-10-4)56(50-57(55)65-45-37-33-29-25-21-17-13-9-3)60-42-44-62(70-60)64-54(48-52(6)68-64)40-36-32-28-24-20-16-12-8-2;1-7-11-15-19-23-27-31-45-39-43(5)59-55(45)53-35-33-51(61-53)47-41-50(58-38-30-26-22-18-14-10-4)48(42-49(47)57-37-29-25-21-17-13-9-3)52-34-36-54(62-52)56-46(40-44(6)60-56)32-28-24-20-16-12-8-2/h3,41-44,47-50H,7-8,10-12,14-16,18-20,22-24,26-28,30-32,34-36,38-40,46H2,1-2,4-6H3;3,33-36,39-42H,7-8,10-12,14-16,18-20,22-24,26-28,30-32,38H2,1-2,4-6H3. The van der Waals surface area contributed by atoms with Crippen LogP contribution in [0.2, 0.25) is 0 Å². The number of aryl methyl sites for hydroxylation is 8. The smallest absolute Gasteiger partial charge is 0.149 e. The van der Waals surface area contributed by atoms with Gasteiger partial charge in [-0.25, -0.2) is 0 Å². The maximum Gasteiger partial charge on any atom is 0.149 e. The van der Waals surface area contributed by atoms with Gasteiger partial charge in [-0.1, -0.05) is 273 Å². The van der Waals surface area contributed by atoms with Gasteiger partial charge in [0, 0.05) is 142 Å². The number of hydrogen-bond donors (Lipinski definition) is 0. The minimum absolute atomic E-state index is 0.668. The van der Waals surface area contributed by atoms with Crippen LogP contribution in [0.15, 0.2) is 97.1 Å². The van der Waals surface area contributed by atoms with Crippen LogP contribution < -0.4 is 18.9 Å². The van der Waals surface area contributed by atoms with Crippen LogP contribution in [-0.4, -0.2) is 13.2 Å². The molecule has 2 aromatic carbocycles. The van der Waals surface area contributed by atoms with Gasteiger partial charge in [-0.05, 0) is 253 Å². The molecule has 696 valence electrons. The van der Waals surface area contributed by atoms with Gasteiger partial charge in [0.1, 0.15) is 35.2 Å². The van der Waals surface area contributed by atoms with Crippen molar-refractivity contribution in [2.45, 2.75) is 365 Å². The maximum absolute atomic E-state index is 6.87. The third-order valence-electron chi connectivity index (χ3n) is 23.7. The molecule has 0 aliphatic carbocycles. The lowest BCUT2D eigenvalue weighted by Crippen LogP contribution is -2.00. The summed E-state index contributed by atoms with van der Waals surface area (Å²) < 4.78 is 26.4. The highest BCUT2D eigenvalue weighted by atomic mass is 32.1. The molecule has 4 nitrogen and oxygen atoms in total. The first kappa shape index (κ1) is 107. The fourth-order valence-corrected chi connectivity index (χ4v) is 25.6. The van der Waals surface area contributed by atoms with Gasteiger partial charge in [0.25, 0.3) is 0 Å². The van der Waals surface area contributed by atoms with Crippen LogP contribution in [0.4, 0.5) is 0 Å². The van der Waals surface area contributed by atoms with E-state index in [1.165, 1.54) is 338 Å². The normalized spacial score (nSPS) is 10.6. The van der Waals surface area contributed by atoms with Crippen LogP contribution in [0.25, 0.3) is 80.8 Å². The van der Waals surface area contributed by atoms with Gasteiger partial charge in [0.15, 0.2) is 0 Å². The third-order valence-corrected chi connectivity index (χ3v) is 33.2. The molecule has 0 aliphatic rings. The van der Waals surface area contributed by atoms with Gasteiger partial charge >= 0.3 is 0 Å². The molecule has 0 saturated carbocycles. The second-order valence-corrected chi connectivity index (χ2v) is 44.2. The van der Waals surface area contributed by atoms with Crippen molar-refractivity contribution in [3.8, 4) is 212 Å². The first-order chi connectivity index (χ1) is 64.9. The van der Waals surface area contributed by atoms with Crippen LogP contribution in [0, 0.1) is 136 Å². The lowest BCUT2D eigenvalue weighted by atomic mass is 10.0. The molecule has 0 N–H and O–H groups in total. The summed E-state index contributed by atoms with van der Waals surface area (Å²) in [7, 11) is 0. The highest BCUT2D eigenvalue weighted by molar-refractivity contribution is 7.26. The van der Waals surface area contributed by atoms with E-state index in [0.717, 1.165) is 91.8 Å². The van der Waals surface area contributed by atoms with Crippen molar-refractivity contribution >= 4 is 90.7 Å². The average Bonchev–Trinajstić information content (AvgIpc) is 1.60. The summed E-state index contributed by atoms with van der Waals surface area (Å²) in [6, 6.07) is 36.5. The van der Waals surface area contributed by atoms with Gasteiger partial charge in [0.2, 0.25) is 0 Å². The van der Waals surface area contributed by atoms with E-state index in [1.54, 1.807) is 0 Å². The van der Waals surface area contributed by atoms with Gasteiger partial charge in [-0.15, -0.1) is 104 Å². The van der Waals surface area contributed by atoms with Crippen molar-refractivity contribution in [2.24, 2.45) is 0 Å². The molecule has 0 atom stereocenters. The topological polar surface area (TPSA) is 36.9 Å². The quantitative estimate of drug-likeness (QED) is 0.0281. The molecule has 0 amide bonds. The zero-order valence-electron chi connectivity index (χ0n) is 81.2. The molecule has 0 radical (unpaired) electrons. The van der Waals surface area contributed by atoms with Crippen LogP contribution in [0.5, 0.6) is 23.0 Å². The summed E-state index contributed by atoms with van der Waals surface area (Å²) in [6.07, 6.45) is 74.9. The van der Waals surface area contributed by atoms with E-state index in [4.69, 9.17) is 31.8 Å². The van der Waals surface area contributed by atoms with Crippen LogP contribution in [-0.2, 0) is 25.7 Å². The highest BCUT2D eigenvalue weighted by Crippen LogP contribution is 2.52. The number of thiophene rings is 8. The van der Waals surface area contributed by atoms with Crippen molar-refractivity contribution in [1.82, 2.24) is 0 Å². The molecule has 132 heavy (non-hydrogen) atoms. The number of benzene rings is 2. The fourth-order valence-electron chi connectivity index (χ4n) is 16.7. The van der Waals surface area contributed by atoms with Gasteiger partial charge in [-0.3, -0.25) is 0 Å². The van der Waals surface area contributed by atoms with E-state index in [2.05, 4.69) is 261 Å². The lowest BCUT2D eigenvalue weighted by molar-refractivity contribution is 0.305. The van der Waals surface area contributed by atoms with E-state index < -0.39 is 0 Å². The van der Waals surface area contributed by atoms with Gasteiger partial charge in [0.05, 0.1) is 13.2 Å². The Morgan fingerprint density at radius 2 is 0.424 bits per heavy atom. The number of rotatable bonds is 60. The number of hydrogen-bond acceptors (Lipinski definition) is 12. The number of unbranched alkanes of at least 4 members (excludes halogenated alkanes) is 36. The summed E-state index contributed by atoms with van der Waals surface area (Å²) in [5.41, 5.74) is 9.87. The molecule has 10 aromatic rings. The summed E-state index contributed by atoms with van der Waals surface area (Å²) in [4.78, 5) is 20.8. The zero-order chi connectivity index (χ0) is 93.2. The molecular formula is C120H144O4S8. The molecule has 0 saturated heterocycles. The molecular weight excluding hydrogens is 1760 g/mol. The largest absolute Gasteiger partial charge is 0.493 e. The molecule has 0 unspecified atom stereocenters. The second-order valence-electron chi connectivity index (χ2n) is 34.8. The Bertz CT molecular complexity index is 5660. The Kier molecular flexibility index (Phi) is 52.1. The second kappa shape index (κ2) is 64.3. The minimum Gasteiger partial charge on any atom is -0.493 e. The zero-order valence-corrected chi connectivity index (χ0v) is 87.8. The SMILES string of the molecule is C#CC#CC#CC#CC#COc1cc(-c2ccc(-c3sc(C)cc3CCCCCCCCCC)s2)c(OCCCCCCCCCC)cc1-c1ccc(-c2sc(C)cc2CCCCCCCCCC)s1.C#CC#CC#CC#COc1cc(-c2ccc(-c3sc(C)cc3CCCCCCCC)s2)c(OCCCCCCCC)cc1-c1ccc(-c2sc(C)cc2CCCCCCCC)s1. The molecule has 10 rings (SSSR count). The first-order valence-corrected chi connectivity index (χ1v) is 56.6. The number of ether oxygens (including phenoxy) is 4. The monoisotopic (exact) mass is 1900 g/mol. The van der Waals surface area contributed by atoms with E-state index >= 15 is 0 Å². The van der Waals surface area contributed by atoms with Gasteiger partial charge < -0.3 is 18.9 Å². The maximum atomic E-state index is 6.87. The van der Waals surface area contributed by atoms with E-state index in [1.807, 2.05) is 90.7 Å². The van der Waals surface area contributed by atoms with Crippen molar-refractivity contribution in [3.63, 3.8) is 0 Å². The minimum atomic E-state index is 0.668. The van der Waals surface area contributed by atoms with Crippen LogP contribution in [0.1, 0.15) is 353 Å². The van der Waals surface area contributed by atoms with Crippen LogP contribution >= 0.6 is 90.7 Å². The molecule has 12 heteroatoms. The van der Waals surface area contributed by atoms with E-state index in [-0.39, 0.29) is 0 Å². The average molecular weight is 1910 g/mol. The van der Waals surface area contributed by atoms with E-state index in [0.29, 0.717) is 24.7 Å². The molecule has 0 fully saturated rings. The summed E-state index contributed by atoms with van der Waals surface area (Å²) in [6.45, 7) is 24.0. The van der Waals surface area contributed by atoms with Gasteiger partial charge in [-0.2, -0.15) is 0 Å². The predicted octanol–water partition coefficient (Wildman–Crippen LogP) is 37.8. The molecule has 0 bridgehead atoms. The summed E-state index contributed by atoms with van der Waals surface area (Å²) in [5.74, 6) is 39.9. The Balaban J connectivity index is 0.000000299. The van der Waals surface area contributed by atoms with Crippen molar-refractivity contribution < 1.29 is 18.9 Å². The Hall–Kier alpha value is -8.72. The molecule has 0 spiro atoms. The fraction of sp³-hybridized carbons (Fsp3) is 0.483. The number of terminal acetylenes is 2. The summed E-state index contributed by atoms with van der Waals surface area (Å²) in [5, 5.41) is 0. The Morgan fingerprint density at radius 3 is 0.674 bits per heavy atom. The van der Waals surface area contributed by atoms with E-state index in [9.17, 15) is 0 Å². The first-order valence-electron chi connectivity index (χ1n) is 50.1. The van der Waals surface area contributed by atoms with Crippen LogP contribution in [0.3, 0.4) is 0 Å². The van der Waals surface area contributed by atoms with Crippen molar-refractivity contribution in [2.75, 3.05) is 13.2 Å².